The molecule has 108 valence electrons. The third-order valence-corrected chi connectivity index (χ3v) is 3.54. The van der Waals surface area contributed by atoms with Crippen LogP contribution in [-0.4, -0.2) is 44.2 Å². The van der Waals surface area contributed by atoms with Gasteiger partial charge in [0.1, 0.15) is 6.61 Å². The average Bonchev–Trinajstić information content (AvgIpc) is 2.41. The molecule has 0 aliphatic heterocycles. The summed E-state index contributed by atoms with van der Waals surface area (Å²) in [5.41, 5.74) is 0. The fraction of sp³-hybridized carbons (Fsp3) is 0.571. The van der Waals surface area contributed by atoms with Gasteiger partial charge in [-0.3, -0.25) is 0 Å². The Morgan fingerprint density at radius 3 is 2.32 bits per heavy atom. The van der Waals surface area contributed by atoms with Crippen LogP contribution in [0.25, 0.3) is 0 Å². The van der Waals surface area contributed by atoms with Gasteiger partial charge >= 0.3 is 0 Å². The fourth-order valence-electron chi connectivity index (χ4n) is 1.75. The first-order chi connectivity index (χ1) is 9.19. The minimum Gasteiger partial charge on any atom is -0.489 e. The minimum atomic E-state index is 0.552. The van der Waals surface area contributed by atoms with Crippen molar-refractivity contribution in [3.63, 3.8) is 0 Å². The van der Waals surface area contributed by atoms with Crippen LogP contribution >= 0.6 is 23.2 Å². The van der Waals surface area contributed by atoms with Gasteiger partial charge in [-0.1, -0.05) is 43.1 Å². The Morgan fingerprint density at radius 1 is 1.11 bits per heavy atom. The molecule has 1 aromatic rings. The molecule has 3 nitrogen and oxygen atoms in total. The number of nitrogens with one attached hydrogen (secondary N) is 1. The highest BCUT2D eigenvalue weighted by Crippen LogP contribution is 2.32. The van der Waals surface area contributed by atoms with Crippen LogP contribution in [0.4, 0.5) is 0 Å². The zero-order valence-electron chi connectivity index (χ0n) is 11.6. The highest BCUT2D eigenvalue weighted by atomic mass is 35.5. The highest BCUT2D eigenvalue weighted by molar-refractivity contribution is 6.37. The number of nitrogens with zero attached hydrogens (tertiary/aromatic N) is 1. The summed E-state index contributed by atoms with van der Waals surface area (Å²) in [6.07, 6.45) is 0. The zero-order chi connectivity index (χ0) is 14.1. The van der Waals surface area contributed by atoms with E-state index >= 15 is 0 Å². The Morgan fingerprint density at radius 2 is 1.74 bits per heavy atom. The largest absolute Gasteiger partial charge is 0.489 e. The number of likely N-dealkylation sites (N-methyl/N-ethyl adjacent to an activating group) is 1. The Bertz CT molecular complexity index is 350. The third kappa shape index (κ3) is 6.00. The number of halogens is 2. The molecule has 0 aromatic heterocycles. The van der Waals surface area contributed by atoms with E-state index in [2.05, 4.69) is 24.1 Å². The van der Waals surface area contributed by atoms with E-state index < -0.39 is 0 Å². The summed E-state index contributed by atoms with van der Waals surface area (Å²) in [6, 6.07) is 5.35. The predicted molar refractivity (Wildman–Crippen MR) is 82.6 cm³/mol. The van der Waals surface area contributed by atoms with E-state index in [4.69, 9.17) is 27.9 Å². The van der Waals surface area contributed by atoms with Crippen molar-refractivity contribution in [3.05, 3.63) is 28.2 Å². The van der Waals surface area contributed by atoms with Gasteiger partial charge < -0.3 is 15.0 Å². The van der Waals surface area contributed by atoms with Crippen molar-refractivity contribution >= 4 is 23.2 Å². The van der Waals surface area contributed by atoms with Gasteiger partial charge in [0, 0.05) is 19.6 Å². The lowest BCUT2D eigenvalue weighted by Crippen LogP contribution is -2.33. The molecule has 0 heterocycles. The van der Waals surface area contributed by atoms with Crippen molar-refractivity contribution in [1.82, 2.24) is 10.2 Å². The molecule has 1 rings (SSSR count). The minimum absolute atomic E-state index is 0.552. The van der Waals surface area contributed by atoms with Crippen molar-refractivity contribution in [3.8, 4) is 5.75 Å². The lowest BCUT2D eigenvalue weighted by Gasteiger charge is -2.18. The number of para-hydroxylation sites is 1. The highest BCUT2D eigenvalue weighted by Gasteiger charge is 2.05. The zero-order valence-corrected chi connectivity index (χ0v) is 13.1. The summed E-state index contributed by atoms with van der Waals surface area (Å²) in [4.78, 5) is 2.37. The molecule has 0 bridgehead atoms. The molecule has 0 spiro atoms. The van der Waals surface area contributed by atoms with Gasteiger partial charge in [-0.05, 0) is 25.2 Å². The summed E-state index contributed by atoms with van der Waals surface area (Å²) >= 11 is 12.0. The molecule has 0 amide bonds. The number of hydrogen-bond acceptors (Lipinski definition) is 3. The molecule has 19 heavy (non-hydrogen) atoms. The molecule has 0 aliphatic carbocycles. The normalized spacial score (nSPS) is 11.0. The molecular formula is C14H22Cl2N2O. The molecule has 0 aliphatic rings. The molecule has 1 aromatic carbocycles. The Balaban J connectivity index is 2.17. The molecule has 0 saturated heterocycles. The van der Waals surface area contributed by atoms with Gasteiger partial charge in [-0.25, -0.2) is 0 Å². The number of rotatable bonds is 9. The van der Waals surface area contributed by atoms with E-state index in [1.165, 1.54) is 0 Å². The van der Waals surface area contributed by atoms with Gasteiger partial charge in [0.25, 0.3) is 0 Å². The van der Waals surface area contributed by atoms with Crippen molar-refractivity contribution in [2.24, 2.45) is 0 Å². The van der Waals surface area contributed by atoms with Gasteiger partial charge in [0.2, 0.25) is 0 Å². The second-order valence-corrected chi connectivity index (χ2v) is 4.99. The fourth-order valence-corrected chi connectivity index (χ4v) is 2.25. The van der Waals surface area contributed by atoms with Crippen LogP contribution in [0.1, 0.15) is 13.8 Å². The van der Waals surface area contributed by atoms with Gasteiger partial charge in [-0.2, -0.15) is 0 Å². The van der Waals surface area contributed by atoms with Gasteiger partial charge in [0.05, 0.1) is 10.0 Å². The molecule has 0 unspecified atom stereocenters. The third-order valence-electron chi connectivity index (χ3n) is 2.94. The second kappa shape index (κ2) is 9.43. The molecule has 0 atom stereocenters. The number of benzene rings is 1. The van der Waals surface area contributed by atoms with Crippen LogP contribution in [0.15, 0.2) is 18.2 Å². The topological polar surface area (TPSA) is 24.5 Å². The van der Waals surface area contributed by atoms with Crippen molar-refractivity contribution in [2.45, 2.75) is 13.8 Å². The van der Waals surface area contributed by atoms with Crippen LogP contribution < -0.4 is 10.1 Å². The summed E-state index contributed by atoms with van der Waals surface area (Å²) in [6.45, 7) is 9.87. The van der Waals surface area contributed by atoms with E-state index in [9.17, 15) is 0 Å². The smallest absolute Gasteiger partial charge is 0.156 e. The molecule has 1 N–H and O–H groups in total. The first-order valence-electron chi connectivity index (χ1n) is 6.68. The van der Waals surface area contributed by atoms with Crippen LogP contribution in [0.2, 0.25) is 10.0 Å². The molecule has 5 heteroatoms. The summed E-state index contributed by atoms with van der Waals surface area (Å²) in [5, 5.41) is 4.44. The second-order valence-electron chi connectivity index (χ2n) is 4.18. The monoisotopic (exact) mass is 304 g/mol. The summed E-state index contributed by atoms with van der Waals surface area (Å²) in [5.74, 6) is 0.566. The average molecular weight is 305 g/mol. The van der Waals surface area contributed by atoms with E-state index in [0.717, 1.165) is 32.7 Å². The molecule has 0 radical (unpaired) electrons. The van der Waals surface area contributed by atoms with E-state index in [1.54, 1.807) is 18.2 Å². The summed E-state index contributed by atoms with van der Waals surface area (Å²) in [7, 11) is 0. The van der Waals surface area contributed by atoms with Crippen LogP contribution in [0.5, 0.6) is 5.75 Å². The Kier molecular flexibility index (Phi) is 8.22. The van der Waals surface area contributed by atoms with Crippen molar-refractivity contribution in [1.29, 1.82) is 0 Å². The number of ether oxygens (including phenoxy) is 1. The van der Waals surface area contributed by atoms with Gasteiger partial charge in [0.15, 0.2) is 5.75 Å². The van der Waals surface area contributed by atoms with Crippen molar-refractivity contribution < 1.29 is 4.74 Å². The van der Waals surface area contributed by atoms with E-state index in [0.29, 0.717) is 22.4 Å². The van der Waals surface area contributed by atoms with Crippen LogP contribution in [0, 0.1) is 0 Å². The van der Waals surface area contributed by atoms with E-state index in [-0.39, 0.29) is 0 Å². The van der Waals surface area contributed by atoms with Crippen LogP contribution in [-0.2, 0) is 0 Å². The maximum atomic E-state index is 6.01. The maximum absolute atomic E-state index is 6.01. The SMILES string of the molecule is CCN(CC)CCNCCOc1c(Cl)cccc1Cl. The molecule has 0 fully saturated rings. The van der Waals surface area contributed by atoms with Gasteiger partial charge in [-0.15, -0.1) is 0 Å². The lowest BCUT2D eigenvalue weighted by atomic mass is 10.3. The predicted octanol–water partition coefficient (Wildman–Crippen LogP) is 3.30. The van der Waals surface area contributed by atoms with Crippen molar-refractivity contribution in [2.75, 3.05) is 39.3 Å². The quantitative estimate of drug-likeness (QED) is 0.709. The molecular weight excluding hydrogens is 283 g/mol. The maximum Gasteiger partial charge on any atom is 0.156 e. The Hall–Kier alpha value is -0.480. The lowest BCUT2D eigenvalue weighted by molar-refractivity contribution is 0.286. The van der Waals surface area contributed by atoms with Crippen LogP contribution in [0.3, 0.4) is 0 Å². The summed E-state index contributed by atoms with van der Waals surface area (Å²) < 4.78 is 5.59. The first kappa shape index (κ1) is 16.6. The standard InChI is InChI=1S/C14H22Cl2N2O/c1-3-18(4-2)10-8-17-9-11-19-14-12(15)6-5-7-13(14)16/h5-7,17H,3-4,8-11H2,1-2H3. The first-order valence-corrected chi connectivity index (χ1v) is 7.44. The number of hydrogen-bond donors (Lipinski definition) is 1. The van der Waals surface area contributed by atoms with E-state index in [1.807, 2.05) is 0 Å². The molecule has 0 saturated carbocycles. The Labute approximate surface area is 125 Å².